The highest BCUT2D eigenvalue weighted by Gasteiger charge is 2.21. The predicted molar refractivity (Wildman–Crippen MR) is 82.8 cm³/mol. The summed E-state index contributed by atoms with van der Waals surface area (Å²) >= 11 is 0. The van der Waals surface area contributed by atoms with Gasteiger partial charge in [-0.1, -0.05) is 46.9 Å². The van der Waals surface area contributed by atoms with Crippen LogP contribution in [0.5, 0.6) is 0 Å². The Bertz CT molecular complexity index is 359. The van der Waals surface area contributed by atoms with Crippen LogP contribution in [-0.4, -0.2) is 22.1 Å². The van der Waals surface area contributed by atoms with Crippen LogP contribution in [0, 0.1) is 0 Å². The molecule has 18 heavy (non-hydrogen) atoms. The average Bonchev–Trinajstić information content (AvgIpc) is 2.33. The minimum absolute atomic E-state index is 0.0758. The Kier molecular flexibility index (Phi) is 7.71. The van der Waals surface area contributed by atoms with Gasteiger partial charge in [-0.3, -0.25) is 9.59 Å². The van der Waals surface area contributed by atoms with E-state index in [1.807, 2.05) is 0 Å². The molecule has 2 nitrogen and oxygen atoms in total. The standard InChI is InChI=1S/C14H18O2S2/c1-7-11(13(15)9(3)4)17-18-12(8-2)14(16)10(5)6/h7-8,11-12H,1-3,5H2,4,6H3. The van der Waals surface area contributed by atoms with Crippen molar-refractivity contribution in [2.75, 3.05) is 0 Å². The van der Waals surface area contributed by atoms with Crippen LogP contribution in [0.2, 0.25) is 0 Å². The lowest BCUT2D eigenvalue weighted by Gasteiger charge is -2.14. The maximum atomic E-state index is 11.7. The minimum Gasteiger partial charge on any atom is -0.293 e. The van der Waals surface area contributed by atoms with Crippen LogP contribution < -0.4 is 0 Å². The molecule has 0 fully saturated rings. The smallest absolute Gasteiger partial charge is 0.175 e. The van der Waals surface area contributed by atoms with Crippen LogP contribution >= 0.6 is 21.6 Å². The fraction of sp³-hybridized carbons (Fsp3) is 0.286. The van der Waals surface area contributed by atoms with E-state index in [4.69, 9.17) is 0 Å². The summed E-state index contributed by atoms with van der Waals surface area (Å²) < 4.78 is 0. The van der Waals surface area contributed by atoms with Gasteiger partial charge in [-0.2, -0.15) is 0 Å². The van der Waals surface area contributed by atoms with E-state index in [-0.39, 0.29) is 11.6 Å². The van der Waals surface area contributed by atoms with Gasteiger partial charge in [-0.25, -0.2) is 0 Å². The van der Waals surface area contributed by atoms with Crippen molar-refractivity contribution in [3.8, 4) is 0 Å². The summed E-state index contributed by atoms with van der Waals surface area (Å²) in [5, 5.41) is -0.791. The Morgan fingerprint density at radius 2 is 1.17 bits per heavy atom. The molecule has 4 heteroatoms. The van der Waals surface area contributed by atoms with Crippen molar-refractivity contribution in [2.24, 2.45) is 0 Å². The summed E-state index contributed by atoms with van der Waals surface area (Å²) in [5.41, 5.74) is 0.962. The summed E-state index contributed by atoms with van der Waals surface area (Å²) in [7, 11) is 2.58. The number of ketones is 2. The van der Waals surface area contributed by atoms with Crippen molar-refractivity contribution in [2.45, 2.75) is 24.3 Å². The van der Waals surface area contributed by atoms with Crippen molar-refractivity contribution < 1.29 is 9.59 Å². The van der Waals surface area contributed by atoms with Crippen molar-refractivity contribution >= 4 is 33.2 Å². The highest BCUT2D eigenvalue weighted by molar-refractivity contribution is 8.77. The SMILES string of the molecule is C=CC(SSC(C=C)C(=O)C(=C)C)C(=O)C(=C)C. The van der Waals surface area contributed by atoms with E-state index in [1.165, 1.54) is 21.6 Å². The zero-order valence-electron chi connectivity index (χ0n) is 10.8. The van der Waals surface area contributed by atoms with Crippen molar-refractivity contribution in [1.82, 2.24) is 0 Å². The van der Waals surface area contributed by atoms with Gasteiger partial charge < -0.3 is 0 Å². The lowest BCUT2D eigenvalue weighted by Crippen LogP contribution is -2.17. The Balaban J connectivity index is 4.61. The molecule has 2 atom stereocenters. The third-order valence-corrected chi connectivity index (χ3v) is 4.97. The molecular weight excluding hydrogens is 264 g/mol. The lowest BCUT2D eigenvalue weighted by atomic mass is 10.1. The molecule has 0 amide bonds. The first-order valence-electron chi connectivity index (χ1n) is 5.31. The van der Waals surface area contributed by atoms with E-state index in [9.17, 15) is 9.59 Å². The zero-order chi connectivity index (χ0) is 14.3. The van der Waals surface area contributed by atoms with Gasteiger partial charge >= 0.3 is 0 Å². The molecule has 0 bridgehead atoms. The number of allylic oxidation sites excluding steroid dienone is 2. The molecule has 0 radical (unpaired) electrons. The second-order valence-electron chi connectivity index (χ2n) is 3.79. The molecule has 0 aliphatic rings. The fourth-order valence-corrected chi connectivity index (χ4v) is 3.67. The topological polar surface area (TPSA) is 34.1 Å². The lowest BCUT2D eigenvalue weighted by molar-refractivity contribution is -0.115. The molecule has 98 valence electrons. The summed E-state index contributed by atoms with van der Waals surface area (Å²) in [5.74, 6) is -0.152. The molecule has 0 aromatic heterocycles. The van der Waals surface area contributed by atoms with Crippen LogP contribution in [0.15, 0.2) is 49.6 Å². The third-order valence-electron chi connectivity index (χ3n) is 2.05. The molecule has 0 aromatic rings. The van der Waals surface area contributed by atoms with E-state index in [1.54, 1.807) is 26.0 Å². The van der Waals surface area contributed by atoms with Crippen molar-refractivity contribution in [1.29, 1.82) is 0 Å². The number of hydrogen-bond acceptors (Lipinski definition) is 4. The van der Waals surface area contributed by atoms with Gasteiger partial charge in [-0.05, 0) is 25.0 Å². The molecule has 0 aliphatic carbocycles. The monoisotopic (exact) mass is 282 g/mol. The molecule has 0 spiro atoms. The summed E-state index contributed by atoms with van der Waals surface area (Å²) in [4.78, 5) is 23.5. The summed E-state index contributed by atoms with van der Waals surface area (Å²) in [6.07, 6.45) is 3.11. The molecule has 0 heterocycles. The molecule has 0 saturated carbocycles. The van der Waals surface area contributed by atoms with E-state index in [0.717, 1.165) is 0 Å². The highest BCUT2D eigenvalue weighted by atomic mass is 33.1. The molecule has 0 aliphatic heterocycles. The van der Waals surface area contributed by atoms with Gasteiger partial charge in [-0.15, -0.1) is 13.2 Å². The third kappa shape index (κ3) is 5.10. The van der Waals surface area contributed by atoms with Crippen LogP contribution in [0.4, 0.5) is 0 Å². The number of carbonyl (C=O) groups is 2. The Labute approximate surface area is 117 Å². The van der Waals surface area contributed by atoms with E-state index < -0.39 is 10.5 Å². The van der Waals surface area contributed by atoms with E-state index in [0.29, 0.717) is 11.1 Å². The maximum absolute atomic E-state index is 11.7. The Morgan fingerprint density at radius 1 is 0.889 bits per heavy atom. The average molecular weight is 282 g/mol. The molecule has 0 saturated heterocycles. The molecule has 0 aromatic carbocycles. The van der Waals surface area contributed by atoms with Gasteiger partial charge in [0, 0.05) is 0 Å². The molecule has 0 N–H and O–H groups in total. The normalized spacial score (nSPS) is 13.2. The molecular formula is C14H18O2S2. The molecule has 2 unspecified atom stereocenters. The largest absolute Gasteiger partial charge is 0.293 e. The van der Waals surface area contributed by atoms with Crippen molar-refractivity contribution in [3.05, 3.63) is 49.6 Å². The first-order chi connectivity index (χ1) is 8.34. The van der Waals surface area contributed by atoms with Gasteiger partial charge in [0.05, 0.1) is 10.5 Å². The molecule has 0 rings (SSSR count). The number of rotatable bonds is 9. The quantitative estimate of drug-likeness (QED) is 0.366. The predicted octanol–water partition coefficient (Wildman–Crippen LogP) is 3.77. The van der Waals surface area contributed by atoms with Gasteiger partial charge in [0.25, 0.3) is 0 Å². The van der Waals surface area contributed by atoms with Crippen LogP contribution in [0.3, 0.4) is 0 Å². The summed E-state index contributed by atoms with van der Waals surface area (Å²) in [6, 6.07) is 0. The van der Waals surface area contributed by atoms with Crippen LogP contribution in [0.1, 0.15) is 13.8 Å². The van der Waals surface area contributed by atoms with Gasteiger partial charge in [0.2, 0.25) is 0 Å². The first-order valence-corrected chi connectivity index (χ1v) is 7.59. The number of hydrogen-bond donors (Lipinski definition) is 0. The van der Waals surface area contributed by atoms with E-state index in [2.05, 4.69) is 26.3 Å². The zero-order valence-corrected chi connectivity index (χ0v) is 12.4. The Morgan fingerprint density at radius 3 is 1.33 bits per heavy atom. The van der Waals surface area contributed by atoms with Crippen LogP contribution in [-0.2, 0) is 9.59 Å². The van der Waals surface area contributed by atoms with E-state index >= 15 is 0 Å². The van der Waals surface area contributed by atoms with Gasteiger partial charge in [0.15, 0.2) is 11.6 Å². The first kappa shape index (κ1) is 17.0. The minimum atomic E-state index is -0.395. The number of carbonyl (C=O) groups excluding carboxylic acids is 2. The fourth-order valence-electron chi connectivity index (χ4n) is 0.985. The number of Topliss-reactive ketones (excluding diaryl/α,β-unsaturated/α-hetero) is 2. The highest BCUT2D eigenvalue weighted by Crippen LogP contribution is 2.34. The van der Waals surface area contributed by atoms with Crippen LogP contribution in [0.25, 0.3) is 0 Å². The van der Waals surface area contributed by atoms with Crippen molar-refractivity contribution in [3.63, 3.8) is 0 Å². The second kappa shape index (κ2) is 8.16. The van der Waals surface area contributed by atoms with Gasteiger partial charge in [0.1, 0.15) is 0 Å². The maximum Gasteiger partial charge on any atom is 0.175 e. The second-order valence-corrected chi connectivity index (χ2v) is 6.35. The Hall–Kier alpha value is -1.00. The summed E-state index contributed by atoms with van der Waals surface area (Å²) in [6.45, 7) is 17.8.